The third kappa shape index (κ3) is 4.33. The summed E-state index contributed by atoms with van der Waals surface area (Å²) in [5.41, 5.74) is 4.67. The number of fused-ring (bicyclic) bond motifs is 1. The lowest BCUT2D eigenvalue weighted by molar-refractivity contribution is -0.121. The summed E-state index contributed by atoms with van der Waals surface area (Å²) in [6, 6.07) is 16.7. The summed E-state index contributed by atoms with van der Waals surface area (Å²) >= 11 is 0. The Bertz CT molecular complexity index is 882. The molecule has 4 heteroatoms. The van der Waals surface area contributed by atoms with Crippen LogP contribution in [0.2, 0.25) is 0 Å². The van der Waals surface area contributed by atoms with Crippen molar-refractivity contribution in [1.29, 1.82) is 0 Å². The van der Waals surface area contributed by atoms with Crippen molar-refractivity contribution < 1.29 is 4.79 Å². The second-order valence-corrected chi connectivity index (χ2v) is 7.11. The molecule has 0 spiro atoms. The Labute approximate surface area is 155 Å². The molecule has 0 radical (unpaired) electrons. The van der Waals surface area contributed by atoms with Crippen LogP contribution in [0.15, 0.2) is 54.7 Å². The smallest absolute Gasteiger partial charge is 0.220 e. The Morgan fingerprint density at radius 1 is 1.15 bits per heavy atom. The van der Waals surface area contributed by atoms with Crippen LogP contribution in [0.5, 0.6) is 0 Å². The highest BCUT2D eigenvalue weighted by atomic mass is 16.1. The SMILES string of the molecule is Cc1cccc(C(CC(=O)NCCN(C)C)c2c[nH]c3ccccc23)c1. The summed E-state index contributed by atoms with van der Waals surface area (Å²) in [4.78, 5) is 18.0. The first-order valence-corrected chi connectivity index (χ1v) is 9.08. The Morgan fingerprint density at radius 2 is 1.96 bits per heavy atom. The summed E-state index contributed by atoms with van der Waals surface area (Å²) in [6.45, 7) is 3.60. The van der Waals surface area contributed by atoms with Crippen LogP contribution in [0.3, 0.4) is 0 Å². The van der Waals surface area contributed by atoms with Gasteiger partial charge >= 0.3 is 0 Å². The number of H-pyrrole nitrogens is 1. The number of para-hydroxylation sites is 1. The molecule has 0 aliphatic rings. The number of aryl methyl sites for hydroxylation is 1. The Kier molecular flexibility index (Phi) is 5.74. The Morgan fingerprint density at radius 3 is 2.73 bits per heavy atom. The van der Waals surface area contributed by atoms with E-state index in [0.717, 1.165) is 12.1 Å². The minimum absolute atomic E-state index is 0.0328. The van der Waals surface area contributed by atoms with E-state index in [1.165, 1.54) is 22.1 Å². The molecule has 1 amide bonds. The summed E-state index contributed by atoms with van der Waals surface area (Å²) < 4.78 is 0. The molecule has 1 atom stereocenters. The van der Waals surface area contributed by atoms with Gasteiger partial charge < -0.3 is 15.2 Å². The van der Waals surface area contributed by atoms with Gasteiger partial charge in [0.25, 0.3) is 0 Å². The highest BCUT2D eigenvalue weighted by molar-refractivity contribution is 5.86. The lowest BCUT2D eigenvalue weighted by Gasteiger charge is -2.18. The lowest BCUT2D eigenvalue weighted by atomic mass is 9.87. The first kappa shape index (κ1) is 18.2. The Hall–Kier alpha value is -2.59. The predicted octanol–water partition coefficient (Wildman–Crippen LogP) is 3.68. The fourth-order valence-corrected chi connectivity index (χ4v) is 3.35. The van der Waals surface area contributed by atoms with E-state index in [1.807, 2.05) is 32.4 Å². The molecule has 1 heterocycles. The van der Waals surface area contributed by atoms with Crippen LogP contribution in [-0.4, -0.2) is 43.0 Å². The summed E-state index contributed by atoms with van der Waals surface area (Å²) in [7, 11) is 4.02. The van der Waals surface area contributed by atoms with Crippen LogP contribution in [-0.2, 0) is 4.79 Å². The second kappa shape index (κ2) is 8.19. The maximum atomic E-state index is 12.6. The Balaban J connectivity index is 1.89. The maximum Gasteiger partial charge on any atom is 0.220 e. The number of carbonyl (C=O) groups excluding carboxylic acids is 1. The predicted molar refractivity (Wildman–Crippen MR) is 108 cm³/mol. The zero-order valence-corrected chi connectivity index (χ0v) is 15.8. The van der Waals surface area contributed by atoms with Gasteiger partial charge in [0, 0.05) is 42.5 Å². The van der Waals surface area contributed by atoms with Crippen molar-refractivity contribution in [2.75, 3.05) is 27.2 Å². The van der Waals surface area contributed by atoms with Gasteiger partial charge in [0.15, 0.2) is 0 Å². The molecule has 2 N–H and O–H groups in total. The zero-order valence-electron chi connectivity index (χ0n) is 15.8. The molecular weight excluding hydrogens is 322 g/mol. The van der Waals surface area contributed by atoms with Gasteiger partial charge in [0.1, 0.15) is 0 Å². The number of carbonyl (C=O) groups is 1. The van der Waals surface area contributed by atoms with Gasteiger partial charge in [-0.1, -0.05) is 48.0 Å². The van der Waals surface area contributed by atoms with Crippen molar-refractivity contribution in [3.8, 4) is 0 Å². The van der Waals surface area contributed by atoms with Gasteiger partial charge in [-0.3, -0.25) is 4.79 Å². The molecule has 0 aliphatic carbocycles. The number of likely N-dealkylation sites (N-methyl/N-ethyl adjacent to an activating group) is 1. The number of rotatable bonds is 7. The second-order valence-electron chi connectivity index (χ2n) is 7.11. The first-order valence-electron chi connectivity index (χ1n) is 9.08. The van der Waals surface area contributed by atoms with Crippen LogP contribution in [0.25, 0.3) is 10.9 Å². The van der Waals surface area contributed by atoms with Gasteiger partial charge in [0.05, 0.1) is 0 Å². The van der Waals surface area contributed by atoms with Crippen LogP contribution in [0.4, 0.5) is 0 Å². The summed E-state index contributed by atoms with van der Waals surface area (Å²) in [6.07, 6.45) is 2.49. The van der Waals surface area contributed by atoms with E-state index in [4.69, 9.17) is 0 Å². The van der Waals surface area contributed by atoms with Crippen molar-refractivity contribution in [2.45, 2.75) is 19.3 Å². The van der Waals surface area contributed by atoms with Gasteiger partial charge in [-0.2, -0.15) is 0 Å². The fourth-order valence-electron chi connectivity index (χ4n) is 3.35. The molecular formula is C22H27N3O. The number of hydrogen-bond donors (Lipinski definition) is 2. The minimum Gasteiger partial charge on any atom is -0.361 e. The number of hydrogen-bond acceptors (Lipinski definition) is 2. The van der Waals surface area contributed by atoms with Crippen molar-refractivity contribution in [2.24, 2.45) is 0 Å². The van der Waals surface area contributed by atoms with E-state index in [2.05, 4.69) is 58.5 Å². The van der Waals surface area contributed by atoms with E-state index in [1.54, 1.807) is 0 Å². The summed E-state index contributed by atoms with van der Waals surface area (Å²) in [5.74, 6) is 0.119. The third-order valence-corrected chi connectivity index (χ3v) is 4.71. The zero-order chi connectivity index (χ0) is 18.5. The molecule has 0 fully saturated rings. The maximum absolute atomic E-state index is 12.6. The summed E-state index contributed by atoms with van der Waals surface area (Å²) in [5, 5.41) is 4.23. The lowest BCUT2D eigenvalue weighted by Crippen LogP contribution is -2.32. The topological polar surface area (TPSA) is 48.1 Å². The number of amides is 1. The molecule has 2 aromatic carbocycles. The van der Waals surface area contributed by atoms with Crippen molar-refractivity contribution >= 4 is 16.8 Å². The van der Waals surface area contributed by atoms with Gasteiger partial charge in [-0.05, 0) is 38.2 Å². The van der Waals surface area contributed by atoms with Crippen LogP contribution >= 0.6 is 0 Å². The highest BCUT2D eigenvalue weighted by Gasteiger charge is 2.21. The van der Waals surface area contributed by atoms with Crippen molar-refractivity contribution in [1.82, 2.24) is 15.2 Å². The average Bonchev–Trinajstić information content (AvgIpc) is 3.03. The largest absolute Gasteiger partial charge is 0.361 e. The van der Waals surface area contributed by atoms with E-state index in [0.29, 0.717) is 13.0 Å². The first-order chi connectivity index (χ1) is 12.5. The van der Waals surface area contributed by atoms with E-state index >= 15 is 0 Å². The minimum atomic E-state index is 0.0328. The molecule has 0 saturated heterocycles. The standard InChI is InChI=1S/C22H27N3O/c1-16-7-6-8-17(13-16)19(14-22(26)23-11-12-25(2)3)20-15-24-21-10-5-4-9-18(20)21/h4-10,13,15,19,24H,11-12,14H2,1-3H3,(H,23,26). The van der Waals surface area contributed by atoms with Gasteiger partial charge in [-0.15, -0.1) is 0 Å². The molecule has 1 aromatic heterocycles. The van der Waals surface area contributed by atoms with Crippen molar-refractivity contribution in [3.05, 3.63) is 71.4 Å². The van der Waals surface area contributed by atoms with E-state index < -0.39 is 0 Å². The molecule has 136 valence electrons. The van der Waals surface area contributed by atoms with Gasteiger partial charge in [-0.25, -0.2) is 0 Å². The number of benzene rings is 2. The van der Waals surface area contributed by atoms with Crippen molar-refractivity contribution in [3.63, 3.8) is 0 Å². The van der Waals surface area contributed by atoms with E-state index in [-0.39, 0.29) is 11.8 Å². The molecule has 3 aromatic rings. The van der Waals surface area contributed by atoms with Gasteiger partial charge in [0.2, 0.25) is 5.91 Å². The van der Waals surface area contributed by atoms with Crippen LogP contribution in [0, 0.1) is 6.92 Å². The number of aromatic nitrogens is 1. The molecule has 0 bridgehead atoms. The van der Waals surface area contributed by atoms with Crippen LogP contribution < -0.4 is 5.32 Å². The van der Waals surface area contributed by atoms with Crippen LogP contribution in [0.1, 0.15) is 29.0 Å². The third-order valence-electron chi connectivity index (χ3n) is 4.71. The molecule has 0 saturated carbocycles. The highest BCUT2D eigenvalue weighted by Crippen LogP contribution is 2.33. The molecule has 1 unspecified atom stereocenters. The quantitative estimate of drug-likeness (QED) is 0.684. The number of nitrogens with one attached hydrogen (secondary N) is 2. The number of nitrogens with zero attached hydrogens (tertiary/aromatic N) is 1. The van der Waals surface area contributed by atoms with E-state index in [9.17, 15) is 4.79 Å². The normalized spacial score (nSPS) is 12.5. The molecule has 26 heavy (non-hydrogen) atoms. The monoisotopic (exact) mass is 349 g/mol. The molecule has 4 nitrogen and oxygen atoms in total. The fraction of sp³-hybridized carbons (Fsp3) is 0.318. The average molecular weight is 349 g/mol. The molecule has 0 aliphatic heterocycles. The number of aromatic amines is 1. The molecule has 3 rings (SSSR count).